The highest BCUT2D eigenvalue weighted by Gasteiger charge is 2.41. The summed E-state index contributed by atoms with van der Waals surface area (Å²) < 4.78 is 31.4. The molecular formula is C21H20ClF2N5O. The van der Waals surface area contributed by atoms with Crippen molar-refractivity contribution in [1.29, 1.82) is 0 Å². The molecule has 6 nitrogen and oxygen atoms in total. The van der Waals surface area contributed by atoms with Crippen LogP contribution in [0.5, 0.6) is 0 Å². The smallest absolute Gasteiger partial charge is 0.137 e. The van der Waals surface area contributed by atoms with E-state index in [0.717, 1.165) is 23.2 Å². The predicted octanol–water partition coefficient (Wildman–Crippen LogP) is 4.27. The summed E-state index contributed by atoms with van der Waals surface area (Å²) in [5.74, 6) is -1.57. The quantitative estimate of drug-likeness (QED) is 0.495. The predicted molar refractivity (Wildman–Crippen MR) is 109 cm³/mol. The van der Waals surface area contributed by atoms with Crippen molar-refractivity contribution < 1.29 is 13.9 Å². The van der Waals surface area contributed by atoms with Crippen LogP contribution >= 0.6 is 11.6 Å². The maximum atomic E-state index is 14.8. The molecule has 0 aliphatic rings. The Bertz CT molecular complexity index is 1190. The fourth-order valence-electron chi connectivity index (χ4n) is 3.86. The second-order valence-corrected chi connectivity index (χ2v) is 7.61. The van der Waals surface area contributed by atoms with Crippen LogP contribution in [0.1, 0.15) is 31.1 Å². The summed E-state index contributed by atoms with van der Waals surface area (Å²) >= 11 is 6.33. The van der Waals surface area contributed by atoms with Crippen LogP contribution in [-0.4, -0.2) is 29.7 Å². The van der Waals surface area contributed by atoms with E-state index in [2.05, 4.69) is 15.2 Å². The van der Waals surface area contributed by atoms with Crippen LogP contribution < -0.4 is 0 Å². The van der Waals surface area contributed by atoms with Crippen LogP contribution in [0.3, 0.4) is 0 Å². The SMILES string of the molecule is CCc1c2cccc(Cl)c2nn1[C@H](C)[C@](O)(Cn1cncn1)c1ccc(F)cc1F. The molecule has 2 aromatic carbocycles. The molecule has 156 valence electrons. The first kappa shape index (κ1) is 20.4. The van der Waals surface area contributed by atoms with Crippen molar-refractivity contribution in [2.75, 3.05) is 0 Å². The molecule has 0 amide bonds. The van der Waals surface area contributed by atoms with Gasteiger partial charge in [0.25, 0.3) is 0 Å². The minimum atomic E-state index is -1.80. The average molecular weight is 432 g/mol. The van der Waals surface area contributed by atoms with Crippen molar-refractivity contribution in [2.45, 2.75) is 38.5 Å². The second kappa shape index (κ2) is 7.77. The molecule has 0 unspecified atom stereocenters. The van der Waals surface area contributed by atoms with Crippen LogP contribution in [0.2, 0.25) is 5.02 Å². The third-order valence-electron chi connectivity index (χ3n) is 5.44. The van der Waals surface area contributed by atoms with Crippen molar-refractivity contribution >= 4 is 22.5 Å². The maximum Gasteiger partial charge on any atom is 0.137 e. The normalized spacial score (nSPS) is 14.7. The first-order valence-corrected chi connectivity index (χ1v) is 9.89. The summed E-state index contributed by atoms with van der Waals surface area (Å²) in [6, 6.07) is 7.87. The van der Waals surface area contributed by atoms with Crippen LogP contribution in [0.25, 0.3) is 10.9 Å². The summed E-state index contributed by atoms with van der Waals surface area (Å²) in [5, 5.41) is 21.8. The maximum absolute atomic E-state index is 14.8. The Morgan fingerprint density at radius 1 is 1.23 bits per heavy atom. The fourth-order valence-corrected chi connectivity index (χ4v) is 4.07. The monoisotopic (exact) mass is 431 g/mol. The molecule has 4 aromatic rings. The fraction of sp³-hybridized carbons (Fsp3) is 0.286. The van der Waals surface area contributed by atoms with Crippen LogP contribution in [0.15, 0.2) is 49.1 Å². The van der Waals surface area contributed by atoms with E-state index in [9.17, 15) is 13.9 Å². The second-order valence-electron chi connectivity index (χ2n) is 7.20. The first-order chi connectivity index (χ1) is 14.3. The number of rotatable bonds is 6. The molecule has 1 N–H and O–H groups in total. The van der Waals surface area contributed by atoms with Gasteiger partial charge in [-0.25, -0.2) is 18.4 Å². The molecule has 30 heavy (non-hydrogen) atoms. The zero-order valence-corrected chi connectivity index (χ0v) is 17.2. The Hall–Kier alpha value is -2.84. The molecule has 0 fully saturated rings. The standard InChI is InChI=1S/C21H20ClF2N5O/c1-3-19-15-5-4-6-17(22)20(15)27-29(19)13(2)21(30,10-28-12-25-11-26-28)16-8-7-14(23)9-18(16)24/h4-9,11-13,30H,3,10H2,1-2H3/t13-,21-/m1/s1. The van der Waals surface area contributed by atoms with Gasteiger partial charge in [-0.3, -0.25) is 4.68 Å². The molecule has 0 aliphatic carbocycles. The van der Waals surface area contributed by atoms with E-state index in [1.165, 1.54) is 23.4 Å². The summed E-state index contributed by atoms with van der Waals surface area (Å²) in [6.45, 7) is 3.60. The van der Waals surface area contributed by atoms with Crippen LogP contribution in [0, 0.1) is 11.6 Å². The first-order valence-electron chi connectivity index (χ1n) is 9.51. The minimum absolute atomic E-state index is 0.0559. The highest BCUT2D eigenvalue weighted by atomic mass is 35.5. The minimum Gasteiger partial charge on any atom is -0.381 e. The number of aliphatic hydroxyl groups is 1. The van der Waals surface area contributed by atoms with E-state index >= 15 is 0 Å². The molecule has 4 rings (SSSR count). The number of aryl methyl sites for hydroxylation is 1. The summed E-state index contributed by atoms with van der Waals surface area (Å²) in [6.07, 6.45) is 3.37. The lowest BCUT2D eigenvalue weighted by molar-refractivity contribution is -0.0374. The van der Waals surface area contributed by atoms with Crippen molar-refractivity contribution in [2.24, 2.45) is 0 Å². The Morgan fingerprint density at radius 3 is 2.70 bits per heavy atom. The molecule has 2 aromatic heterocycles. The highest BCUT2D eigenvalue weighted by molar-refractivity contribution is 6.35. The third kappa shape index (κ3) is 3.36. The van der Waals surface area contributed by atoms with E-state index in [-0.39, 0.29) is 12.1 Å². The molecule has 0 aliphatic heterocycles. The number of aromatic nitrogens is 5. The van der Waals surface area contributed by atoms with Gasteiger partial charge in [-0.15, -0.1) is 0 Å². The van der Waals surface area contributed by atoms with E-state index in [4.69, 9.17) is 11.6 Å². The van der Waals surface area contributed by atoms with Gasteiger partial charge in [-0.05, 0) is 25.5 Å². The van der Waals surface area contributed by atoms with E-state index in [0.29, 0.717) is 17.0 Å². The Labute approximate surface area is 176 Å². The lowest BCUT2D eigenvalue weighted by Crippen LogP contribution is -2.41. The van der Waals surface area contributed by atoms with E-state index in [1.807, 2.05) is 19.1 Å². The largest absolute Gasteiger partial charge is 0.381 e. The lowest BCUT2D eigenvalue weighted by Gasteiger charge is -2.35. The number of benzene rings is 2. The number of hydrogen-bond acceptors (Lipinski definition) is 4. The summed E-state index contributed by atoms with van der Waals surface area (Å²) in [4.78, 5) is 3.90. The van der Waals surface area contributed by atoms with Gasteiger partial charge >= 0.3 is 0 Å². The molecule has 0 saturated heterocycles. The average Bonchev–Trinajstić information content (AvgIpc) is 3.35. The van der Waals surface area contributed by atoms with Gasteiger partial charge in [0.1, 0.15) is 35.4 Å². The Kier molecular flexibility index (Phi) is 5.29. The van der Waals surface area contributed by atoms with Crippen molar-refractivity contribution in [1.82, 2.24) is 24.5 Å². The molecular weight excluding hydrogens is 412 g/mol. The molecule has 2 heterocycles. The number of halogens is 3. The zero-order valence-electron chi connectivity index (χ0n) is 16.4. The topological polar surface area (TPSA) is 68.8 Å². The lowest BCUT2D eigenvalue weighted by atomic mass is 9.86. The number of hydrogen-bond donors (Lipinski definition) is 1. The Balaban J connectivity index is 1.91. The van der Waals surface area contributed by atoms with Crippen molar-refractivity contribution in [3.8, 4) is 0 Å². The van der Waals surface area contributed by atoms with Gasteiger partial charge in [0.15, 0.2) is 0 Å². The third-order valence-corrected chi connectivity index (χ3v) is 5.75. The van der Waals surface area contributed by atoms with Gasteiger partial charge in [0.05, 0.1) is 17.6 Å². The molecule has 9 heteroatoms. The molecule has 0 spiro atoms. The van der Waals surface area contributed by atoms with Gasteiger partial charge in [-0.2, -0.15) is 10.2 Å². The van der Waals surface area contributed by atoms with Crippen molar-refractivity contribution in [3.63, 3.8) is 0 Å². The van der Waals surface area contributed by atoms with Gasteiger partial charge in [0.2, 0.25) is 0 Å². The van der Waals surface area contributed by atoms with Crippen LogP contribution in [-0.2, 0) is 18.6 Å². The summed E-state index contributed by atoms with van der Waals surface area (Å²) in [5.41, 5.74) is -0.408. The molecule has 2 atom stereocenters. The molecule has 0 saturated carbocycles. The Morgan fingerprint density at radius 2 is 2.03 bits per heavy atom. The summed E-state index contributed by atoms with van der Waals surface area (Å²) in [7, 11) is 0. The van der Waals surface area contributed by atoms with Crippen molar-refractivity contribution in [3.05, 3.63) is 77.0 Å². The number of fused-ring (bicyclic) bond motifs is 1. The van der Waals surface area contributed by atoms with Gasteiger partial charge in [-0.1, -0.05) is 36.7 Å². The van der Waals surface area contributed by atoms with E-state index in [1.54, 1.807) is 17.7 Å². The van der Waals surface area contributed by atoms with Crippen LogP contribution in [0.4, 0.5) is 8.78 Å². The molecule has 0 radical (unpaired) electrons. The van der Waals surface area contributed by atoms with E-state index < -0.39 is 23.3 Å². The van der Waals surface area contributed by atoms with Gasteiger partial charge in [0, 0.05) is 22.7 Å². The highest BCUT2D eigenvalue weighted by Crippen LogP contribution is 2.39. The van der Waals surface area contributed by atoms with Gasteiger partial charge < -0.3 is 5.11 Å². The molecule has 0 bridgehead atoms. The zero-order chi connectivity index (χ0) is 21.5. The number of nitrogens with zero attached hydrogens (tertiary/aromatic N) is 5.